The van der Waals surface area contributed by atoms with E-state index < -0.39 is 0 Å². The van der Waals surface area contributed by atoms with Crippen LogP contribution < -0.4 is 10.2 Å². The second-order valence-electron chi connectivity index (χ2n) is 10.1. The van der Waals surface area contributed by atoms with E-state index in [-0.39, 0.29) is 11.3 Å². The van der Waals surface area contributed by atoms with Crippen molar-refractivity contribution >= 4 is 22.5 Å². The molecule has 0 bridgehead atoms. The van der Waals surface area contributed by atoms with Gasteiger partial charge in [0, 0.05) is 66.9 Å². The van der Waals surface area contributed by atoms with Crippen molar-refractivity contribution in [3.63, 3.8) is 0 Å². The lowest BCUT2D eigenvalue weighted by molar-refractivity contribution is 0.0283. The summed E-state index contributed by atoms with van der Waals surface area (Å²) in [6.45, 7) is 8.73. The van der Waals surface area contributed by atoms with Gasteiger partial charge >= 0.3 is 0 Å². The van der Waals surface area contributed by atoms with Crippen LogP contribution in [0.5, 0.6) is 0 Å². The van der Waals surface area contributed by atoms with E-state index >= 15 is 0 Å². The Balaban J connectivity index is 1.14. The van der Waals surface area contributed by atoms with E-state index in [1.165, 1.54) is 18.5 Å². The zero-order valence-corrected chi connectivity index (χ0v) is 20.1. The largest absolute Gasteiger partial charge is 0.379 e. The molecule has 0 atom stereocenters. The minimum atomic E-state index is -0.0185. The maximum Gasteiger partial charge on any atom is 0.251 e. The first-order valence-electron chi connectivity index (χ1n) is 12.7. The van der Waals surface area contributed by atoms with E-state index in [1.807, 2.05) is 18.2 Å². The molecule has 184 valence electrons. The molecule has 6 rings (SSSR count). The molecular weight excluding hydrogens is 442 g/mol. The number of fused-ring (bicyclic) bond motifs is 1. The fourth-order valence-electron chi connectivity index (χ4n) is 5.20. The molecule has 3 heterocycles. The van der Waals surface area contributed by atoms with Gasteiger partial charge in [-0.05, 0) is 43.2 Å². The summed E-state index contributed by atoms with van der Waals surface area (Å²) in [4.78, 5) is 17.9. The summed E-state index contributed by atoms with van der Waals surface area (Å²) in [6.07, 6.45) is 2.35. The number of nitrogens with one attached hydrogen (secondary N) is 2. The van der Waals surface area contributed by atoms with Gasteiger partial charge in [0.1, 0.15) is 0 Å². The predicted octanol–water partition coefficient (Wildman–Crippen LogP) is 2.91. The van der Waals surface area contributed by atoms with Crippen LogP contribution in [0, 0.1) is 5.41 Å². The number of ether oxygens (including phenoxy) is 2. The first-order valence-corrected chi connectivity index (χ1v) is 12.7. The molecule has 3 aromatic rings. The van der Waals surface area contributed by atoms with Crippen LogP contribution in [0.25, 0.3) is 22.2 Å². The lowest BCUT2D eigenvalue weighted by Gasteiger charge is -2.30. The number of amides is 1. The number of aromatic amines is 1. The standard InChI is InChI=1S/C27H33N5O3/c33-26(28-18-27(7-8-27)19-31-9-13-34-14-10-31)21-3-6-24-23(17-21)25(30-29-24)20-1-4-22(5-2-20)32-11-15-35-16-12-32/h1-6,17H,7-16,18-19H2,(H,28,33)(H,29,30). The zero-order chi connectivity index (χ0) is 23.7. The summed E-state index contributed by atoms with van der Waals surface area (Å²) in [5.74, 6) is -0.0185. The fourth-order valence-corrected chi connectivity index (χ4v) is 5.20. The Bertz CT molecular complexity index is 1180. The number of anilines is 1. The Morgan fingerprint density at radius 2 is 1.69 bits per heavy atom. The summed E-state index contributed by atoms with van der Waals surface area (Å²) < 4.78 is 10.9. The highest BCUT2D eigenvalue weighted by Gasteiger charge is 2.44. The van der Waals surface area contributed by atoms with E-state index in [1.54, 1.807) is 0 Å². The number of hydrogen-bond acceptors (Lipinski definition) is 6. The summed E-state index contributed by atoms with van der Waals surface area (Å²) in [6, 6.07) is 14.3. The molecule has 35 heavy (non-hydrogen) atoms. The Morgan fingerprint density at radius 1 is 0.971 bits per heavy atom. The van der Waals surface area contributed by atoms with Crippen LogP contribution >= 0.6 is 0 Å². The predicted molar refractivity (Wildman–Crippen MR) is 136 cm³/mol. The third-order valence-electron chi connectivity index (χ3n) is 7.59. The maximum absolute atomic E-state index is 13.1. The number of benzene rings is 2. The van der Waals surface area contributed by atoms with Gasteiger partial charge in [0.25, 0.3) is 5.91 Å². The number of rotatable bonds is 7. The molecule has 2 aliphatic heterocycles. The first-order chi connectivity index (χ1) is 17.2. The lowest BCUT2D eigenvalue weighted by Crippen LogP contribution is -2.43. The van der Waals surface area contributed by atoms with Crippen molar-refractivity contribution in [3.8, 4) is 11.3 Å². The second-order valence-corrected chi connectivity index (χ2v) is 10.1. The van der Waals surface area contributed by atoms with Gasteiger partial charge in [-0.2, -0.15) is 5.10 Å². The first kappa shape index (κ1) is 22.5. The Labute approximate surface area is 205 Å². The normalized spacial score (nSPS) is 20.2. The molecule has 1 aliphatic carbocycles. The average molecular weight is 476 g/mol. The van der Waals surface area contributed by atoms with Crippen LogP contribution in [0.15, 0.2) is 42.5 Å². The van der Waals surface area contributed by atoms with Crippen molar-refractivity contribution in [1.82, 2.24) is 20.4 Å². The number of morpholine rings is 2. The summed E-state index contributed by atoms with van der Waals surface area (Å²) in [5, 5.41) is 11.9. The number of nitrogens with zero attached hydrogens (tertiary/aromatic N) is 3. The number of H-pyrrole nitrogens is 1. The molecule has 1 saturated carbocycles. The fraction of sp³-hybridized carbons (Fsp3) is 0.481. The van der Waals surface area contributed by atoms with Gasteiger partial charge in [0.15, 0.2) is 0 Å². The van der Waals surface area contributed by atoms with E-state index in [0.717, 1.165) is 87.9 Å². The van der Waals surface area contributed by atoms with E-state index in [4.69, 9.17) is 9.47 Å². The number of carbonyl (C=O) groups excluding carboxylic acids is 1. The third kappa shape index (κ3) is 4.91. The maximum atomic E-state index is 13.1. The van der Waals surface area contributed by atoms with Crippen molar-refractivity contribution in [3.05, 3.63) is 48.0 Å². The summed E-state index contributed by atoms with van der Waals surface area (Å²) in [7, 11) is 0. The van der Waals surface area contributed by atoms with Crippen molar-refractivity contribution < 1.29 is 14.3 Å². The van der Waals surface area contributed by atoms with Crippen LogP contribution in [0.4, 0.5) is 5.69 Å². The van der Waals surface area contributed by atoms with Gasteiger partial charge in [-0.15, -0.1) is 0 Å². The van der Waals surface area contributed by atoms with Crippen LogP contribution in [-0.2, 0) is 9.47 Å². The quantitative estimate of drug-likeness (QED) is 0.547. The zero-order valence-electron chi connectivity index (χ0n) is 20.1. The molecule has 1 amide bonds. The SMILES string of the molecule is O=C(NCC1(CN2CCOCC2)CC1)c1ccc2[nH]nc(-c3ccc(N4CCOCC4)cc3)c2c1. The van der Waals surface area contributed by atoms with Gasteiger partial charge < -0.3 is 19.7 Å². The number of carbonyl (C=O) groups is 1. The van der Waals surface area contributed by atoms with E-state index in [2.05, 4.69) is 49.6 Å². The van der Waals surface area contributed by atoms with Crippen molar-refractivity contribution in [1.29, 1.82) is 0 Å². The number of aromatic nitrogens is 2. The number of hydrogen-bond donors (Lipinski definition) is 2. The van der Waals surface area contributed by atoms with Crippen LogP contribution in [-0.4, -0.2) is 86.7 Å². The van der Waals surface area contributed by atoms with Gasteiger partial charge in [-0.25, -0.2) is 0 Å². The third-order valence-corrected chi connectivity index (χ3v) is 7.59. The van der Waals surface area contributed by atoms with Crippen LogP contribution in [0.1, 0.15) is 23.2 Å². The molecule has 1 aromatic heterocycles. The molecule has 8 nitrogen and oxygen atoms in total. The topological polar surface area (TPSA) is 82.7 Å². The highest BCUT2D eigenvalue weighted by Crippen LogP contribution is 2.45. The molecule has 0 radical (unpaired) electrons. The van der Waals surface area contributed by atoms with Crippen molar-refractivity contribution in [2.45, 2.75) is 12.8 Å². The van der Waals surface area contributed by atoms with Crippen LogP contribution in [0.2, 0.25) is 0 Å². The van der Waals surface area contributed by atoms with Gasteiger partial charge in [0.2, 0.25) is 0 Å². The molecule has 3 aliphatic rings. The average Bonchev–Trinajstić information content (AvgIpc) is 3.55. The van der Waals surface area contributed by atoms with Crippen LogP contribution in [0.3, 0.4) is 0 Å². The molecular formula is C27H33N5O3. The molecule has 0 unspecified atom stereocenters. The second kappa shape index (κ2) is 9.60. The molecule has 2 aromatic carbocycles. The molecule has 3 fully saturated rings. The monoisotopic (exact) mass is 475 g/mol. The van der Waals surface area contributed by atoms with Crippen molar-refractivity contribution in [2.75, 3.05) is 70.6 Å². The summed E-state index contributed by atoms with van der Waals surface area (Å²) >= 11 is 0. The van der Waals surface area contributed by atoms with Gasteiger partial charge in [-0.1, -0.05) is 12.1 Å². The highest BCUT2D eigenvalue weighted by atomic mass is 16.5. The van der Waals surface area contributed by atoms with E-state index in [9.17, 15) is 4.79 Å². The molecule has 8 heteroatoms. The Morgan fingerprint density at radius 3 is 2.40 bits per heavy atom. The highest BCUT2D eigenvalue weighted by molar-refractivity contribution is 6.01. The van der Waals surface area contributed by atoms with Gasteiger partial charge in [0.05, 0.1) is 37.6 Å². The molecule has 0 spiro atoms. The minimum absolute atomic E-state index is 0.0185. The lowest BCUT2D eigenvalue weighted by atomic mass is 10.0. The smallest absolute Gasteiger partial charge is 0.251 e. The minimum Gasteiger partial charge on any atom is -0.379 e. The molecule has 2 saturated heterocycles. The molecule has 2 N–H and O–H groups in total. The summed E-state index contributed by atoms with van der Waals surface area (Å²) in [5.41, 5.74) is 4.93. The van der Waals surface area contributed by atoms with Gasteiger partial charge in [-0.3, -0.25) is 14.8 Å². The Kier molecular flexibility index (Phi) is 6.18. The Hall–Kier alpha value is -2.94. The van der Waals surface area contributed by atoms with Crippen molar-refractivity contribution in [2.24, 2.45) is 5.41 Å². The van der Waals surface area contributed by atoms with E-state index in [0.29, 0.717) is 5.56 Å².